The van der Waals surface area contributed by atoms with Gasteiger partial charge < -0.3 is 15.2 Å². The van der Waals surface area contributed by atoms with E-state index in [1.807, 2.05) is 0 Å². The molecule has 2 heterocycles. The van der Waals surface area contributed by atoms with Crippen molar-refractivity contribution in [2.45, 2.75) is 63.8 Å². The number of aromatic nitrogens is 2. The number of nitrogens with zero attached hydrogens (tertiary/aromatic N) is 2. The van der Waals surface area contributed by atoms with Crippen molar-refractivity contribution >= 4 is 0 Å². The summed E-state index contributed by atoms with van der Waals surface area (Å²) < 4.78 is 13.9. The highest BCUT2D eigenvalue weighted by Crippen LogP contribution is 2.40. The van der Waals surface area contributed by atoms with Gasteiger partial charge in [0, 0.05) is 24.6 Å². The third-order valence-corrected chi connectivity index (χ3v) is 4.59. The van der Waals surface area contributed by atoms with Gasteiger partial charge in [-0.1, -0.05) is 13.8 Å². The lowest BCUT2D eigenvalue weighted by Gasteiger charge is -2.40. The first-order valence-electron chi connectivity index (χ1n) is 7.78. The Morgan fingerprint density at radius 1 is 1.35 bits per heavy atom. The monoisotopic (exact) mass is 279 g/mol. The normalized spacial score (nSPS) is 29.1. The van der Waals surface area contributed by atoms with Crippen LogP contribution in [-0.4, -0.2) is 34.8 Å². The predicted molar refractivity (Wildman–Crippen MR) is 76.5 cm³/mol. The second-order valence-corrected chi connectivity index (χ2v) is 5.86. The Bertz CT molecular complexity index is 466. The zero-order valence-corrected chi connectivity index (χ0v) is 12.5. The summed E-state index contributed by atoms with van der Waals surface area (Å²) in [6, 6.07) is 2.50. The van der Waals surface area contributed by atoms with E-state index in [4.69, 9.17) is 20.3 Å². The van der Waals surface area contributed by atoms with Crippen molar-refractivity contribution in [3.05, 3.63) is 17.5 Å². The number of nitrogens with two attached hydrogens (primary N) is 1. The van der Waals surface area contributed by atoms with E-state index in [9.17, 15) is 0 Å². The highest BCUT2D eigenvalue weighted by Gasteiger charge is 2.45. The van der Waals surface area contributed by atoms with Gasteiger partial charge in [-0.2, -0.15) is 5.10 Å². The van der Waals surface area contributed by atoms with E-state index in [0.29, 0.717) is 13.2 Å². The van der Waals surface area contributed by atoms with Gasteiger partial charge in [0.15, 0.2) is 5.79 Å². The Balaban J connectivity index is 1.88. The van der Waals surface area contributed by atoms with Gasteiger partial charge in [0.25, 0.3) is 0 Å². The van der Waals surface area contributed by atoms with Gasteiger partial charge in [0.05, 0.1) is 24.9 Å². The van der Waals surface area contributed by atoms with E-state index in [0.717, 1.165) is 37.8 Å². The number of hydrogen-bond acceptors (Lipinski definition) is 4. The van der Waals surface area contributed by atoms with Gasteiger partial charge in [0.1, 0.15) is 0 Å². The Morgan fingerprint density at radius 3 is 2.75 bits per heavy atom. The molecule has 20 heavy (non-hydrogen) atoms. The number of aryl methyl sites for hydroxylation is 2. The first-order valence-corrected chi connectivity index (χ1v) is 7.78. The molecule has 1 aliphatic heterocycles. The lowest BCUT2D eigenvalue weighted by Crippen LogP contribution is -2.47. The maximum absolute atomic E-state index is 6.36. The molecular formula is C15H25N3O2. The Labute approximate surface area is 120 Å². The maximum Gasteiger partial charge on any atom is 0.170 e. The van der Waals surface area contributed by atoms with Gasteiger partial charge in [-0.15, -0.1) is 0 Å². The molecule has 2 aliphatic rings. The number of hydrogen-bond donors (Lipinski definition) is 1. The summed E-state index contributed by atoms with van der Waals surface area (Å²) in [6.45, 7) is 5.70. The molecule has 0 radical (unpaired) electrons. The van der Waals surface area contributed by atoms with Crippen molar-refractivity contribution < 1.29 is 9.47 Å². The maximum atomic E-state index is 6.36. The minimum Gasteiger partial charge on any atom is -0.347 e. The summed E-state index contributed by atoms with van der Waals surface area (Å²) in [4.78, 5) is 0. The molecular weight excluding hydrogens is 254 g/mol. The van der Waals surface area contributed by atoms with Crippen molar-refractivity contribution in [1.29, 1.82) is 0 Å². The summed E-state index contributed by atoms with van der Waals surface area (Å²) in [5, 5.41) is 4.75. The number of ether oxygens (including phenoxy) is 2. The fraction of sp³-hybridized carbons (Fsp3) is 0.800. The summed E-state index contributed by atoms with van der Waals surface area (Å²) >= 11 is 0. The topological polar surface area (TPSA) is 62.3 Å². The summed E-state index contributed by atoms with van der Waals surface area (Å²) in [5.41, 5.74) is 8.77. The summed E-state index contributed by atoms with van der Waals surface area (Å²) in [7, 11) is 0. The standard InChI is InChI=1S/C15H25N3O2/c1-3-11-9-12(4-2)18(17-11)14-10-15(6-5-13(14)16)19-7-8-20-15/h9,13-14H,3-8,10,16H2,1-2H3. The lowest BCUT2D eigenvalue weighted by atomic mass is 9.86. The zero-order chi connectivity index (χ0) is 14.2. The lowest BCUT2D eigenvalue weighted by molar-refractivity contribution is -0.188. The Kier molecular flexibility index (Phi) is 3.84. The van der Waals surface area contributed by atoms with Crippen LogP contribution in [0.1, 0.15) is 50.5 Å². The molecule has 1 spiro atoms. The van der Waals surface area contributed by atoms with E-state index >= 15 is 0 Å². The van der Waals surface area contributed by atoms with Crippen LogP contribution in [0.4, 0.5) is 0 Å². The van der Waals surface area contributed by atoms with Gasteiger partial charge in [0.2, 0.25) is 0 Å². The van der Waals surface area contributed by atoms with E-state index < -0.39 is 5.79 Å². The summed E-state index contributed by atoms with van der Waals surface area (Å²) in [6.07, 6.45) is 4.57. The highest BCUT2D eigenvalue weighted by molar-refractivity contribution is 5.12. The molecule has 1 saturated carbocycles. The van der Waals surface area contributed by atoms with Crippen molar-refractivity contribution in [2.75, 3.05) is 13.2 Å². The Morgan fingerprint density at radius 2 is 2.10 bits per heavy atom. The largest absolute Gasteiger partial charge is 0.347 e. The van der Waals surface area contributed by atoms with Crippen LogP contribution in [0.25, 0.3) is 0 Å². The molecule has 1 aromatic heterocycles. The minimum absolute atomic E-state index is 0.128. The van der Waals surface area contributed by atoms with Crippen molar-refractivity contribution in [2.24, 2.45) is 5.73 Å². The van der Waals surface area contributed by atoms with Gasteiger partial charge in [-0.3, -0.25) is 4.68 Å². The van der Waals surface area contributed by atoms with Crippen LogP contribution in [0.15, 0.2) is 6.07 Å². The van der Waals surface area contributed by atoms with Crippen LogP contribution in [0, 0.1) is 0 Å². The van der Waals surface area contributed by atoms with E-state index in [1.165, 1.54) is 5.69 Å². The SMILES string of the molecule is CCc1cc(CC)n(C2CC3(CCC2N)OCCO3)n1. The summed E-state index contributed by atoms with van der Waals surface area (Å²) in [5.74, 6) is -0.413. The molecule has 112 valence electrons. The van der Waals surface area contributed by atoms with Crippen molar-refractivity contribution in [3.63, 3.8) is 0 Å². The van der Waals surface area contributed by atoms with Crippen LogP contribution in [0.5, 0.6) is 0 Å². The Hall–Kier alpha value is -0.910. The first kappa shape index (κ1) is 14.0. The minimum atomic E-state index is -0.413. The zero-order valence-electron chi connectivity index (χ0n) is 12.5. The van der Waals surface area contributed by atoms with Gasteiger partial charge in [-0.25, -0.2) is 0 Å². The molecule has 3 rings (SSSR count). The van der Waals surface area contributed by atoms with Gasteiger partial charge in [-0.05, 0) is 25.3 Å². The highest BCUT2D eigenvalue weighted by atomic mass is 16.7. The second kappa shape index (κ2) is 5.47. The predicted octanol–water partition coefficient (Wildman–Crippen LogP) is 1.80. The molecule has 5 nitrogen and oxygen atoms in total. The molecule has 1 aromatic rings. The number of rotatable bonds is 3. The molecule has 1 aliphatic carbocycles. The average molecular weight is 279 g/mol. The molecule has 0 bridgehead atoms. The average Bonchev–Trinajstić information content (AvgIpc) is 3.09. The first-order chi connectivity index (χ1) is 9.67. The van der Waals surface area contributed by atoms with Crippen LogP contribution in [0.3, 0.4) is 0 Å². The molecule has 5 heteroatoms. The molecule has 2 N–H and O–H groups in total. The quantitative estimate of drug-likeness (QED) is 0.916. The third kappa shape index (κ3) is 2.38. The van der Waals surface area contributed by atoms with E-state index in [2.05, 4.69) is 24.6 Å². The fourth-order valence-corrected chi connectivity index (χ4v) is 3.39. The van der Waals surface area contributed by atoms with Crippen molar-refractivity contribution in [1.82, 2.24) is 9.78 Å². The van der Waals surface area contributed by atoms with Gasteiger partial charge >= 0.3 is 0 Å². The molecule has 1 saturated heterocycles. The van der Waals surface area contributed by atoms with E-state index in [-0.39, 0.29) is 12.1 Å². The van der Waals surface area contributed by atoms with Crippen LogP contribution in [-0.2, 0) is 22.3 Å². The molecule has 0 amide bonds. The van der Waals surface area contributed by atoms with Crippen molar-refractivity contribution in [3.8, 4) is 0 Å². The van der Waals surface area contributed by atoms with Crippen LogP contribution >= 0.6 is 0 Å². The van der Waals surface area contributed by atoms with E-state index in [1.54, 1.807) is 0 Å². The smallest absolute Gasteiger partial charge is 0.170 e. The fourth-order valence-electron chi connectivity index (χ4n) is 3.39. The molecule has 2 unspecified atom stereocenters. The molecule has 0 aromatic carbocycles. The second-order valence-electron chi connectivity index (χ2n) is 5.86. The van der Waals surface area contributed by atoms with Crippen LogP contribution < -0.4 is 5.73 Å². The van der Waals surface area contributed by atoms with Crippen LogP contribution in [0.2, 0.25) is 0 Å². The molecule has 2 fully saturated rings. The third-order valence-electron chi connectivity index (χ3n) is 4.59. The molecule has 2 atom stereocenters.